The molecule has 2 heterocycles. The molecule has 0 aliphatic heterocycles. The van der Waals surface area contributed by atoms with Crippen LogP contribution in [0, 0.1) is 10.1 Å². The lowest BCUT2D eigenvalue weighted by Crippen LogP contribution is -2.25. The summed E-state index contributed by atoms with van der Waals surface area (Å²) in [7, 11) is 3.56. The van der Waals surface area contributed by atoms with Crippen LogP contribution in [0.5, 0.6) is 0 Å². The standard InChI is InChI=1S/C21H23Cl2N5O2/c1-26(2)21-20(28(29)30)17(12-25-21)9-10-27(13-15-3-6-18(22)7-4-15)14-16-5-8-19(23)24-11-16/h3-8,11-12,25H,9-10,13-14H2,1-2H3. The van der Waals surface area contributed by atoms with E-state index in [9.17, 15) is 10.1 Å². The summed E-state index contributed by atoms with van der Waals surface area (Å²) in [5.41, 5.74) is 2.93. The van der Waals surface area contributed by atoms with Gasteiger partial charge < -0.3 is 9.88 Å². The van der Waals surface area contributed by atoms with Gasteiger partial charge in [-0.3, -0.25) is 15.0 Å². The number of H-pyrrole nitrogens is 1. The Kier molecular flexibility index (Phi) is 7.31. The molecule has 0 spiro atoms. The highest BCUT2D eigenvalue weighted by atomic mass is 35.5. The summed E-state index contributed by atoms with van der Waals surface area (Å²) in [5, 5.41) is 12.7. The van der Waals surface area contributed by atoms with Crippen molar-refractivity contribution in [2.75, 3.05) is 25.5 Å². The van der Waals surface area contributed by atoms with Crippen LogP contribution in [0.3, 0.4) is 0 Å². The highest BCUT2D eigenvalue weighted by molar-refractivity contribution is 6.30. The summed E-state index contributed by atoms with van der Waals surface area (Å²) in [4.78, 5) is 22.4. The van der Waals surface area contributed by atoms with Crippen LogP contribution in [0.2, 0.25) is 10.2 Å². The lowest BCUT2D eigenvalue weighted by atomic mass is 10.1. The van der Waals surface area contributed by atoms with E-state index in [0.29, 0.717) is 47.6 Å². The van der Waals surface area contributed by atoms with Crippen LogP contribution in [-0.4, -0.2) is 40.4 Å². The topological polar surface area (TPSA) is 78.3 Å². The van der Waals surface area contributed by atoms with Gasteiger partial charge in [-0.25, -0.2) is 4.98 Å². The molecule has 30 heavy (non-hydrogen) atoms. The highest BCUT2D eigenvalue weighted by Gasteiger charge is 2.24. The molecule has 3 aromatic rings. The molecule has 0 radical (unpaired) electrons. The second-order valence-corrected chi connectivity index (χ2v) is 8.06. The molecule has 7 nitrogen and oxygen atoms in total. The first-order chi connectivity index (χ1) is 14.3. The van der Waals surface area contributed by atoms with Crippen LogP contribution in [0.15, 0.2) is 48.8 Å². The minimum Gasteiger partial charge on any atom is -0.359 e. The van der Waals surface area contributed by atoms with E-state index in [-0.39, 0.29) is 10.6 Å². The molecule has 0 fully saturated rings. The SMILES string of the molecule is CN(C)c1[nH]cc(CCN(Cc2ccc(Cl)cc2)Cc2ccc(Cl)nc2)c1[N+](=O)[O-]. The monoisotopic (exact) mass is 447 g/mol. The molecule has 0 amide bonds. The van der Waals surface area contributed by atoms with Crippen molar-refractivity contribution in [2.24, 2.45) is 0 Å². The molecule has 0 saturated carbocycles. The Morgan fingerprint density at radius 3 is 2.33 bits per heavy atom. The number of nitro groups is 1. The number of benzene rings is 1. The van der Waals surface area contributed by atoms with E-state index in [4.69, 9.17) is 23.2 Å². The number of halogens is 2. The van der Waals surface area contributed by atoms with Crippen LogP contribution < -0.4 is 4.90 Å². The molecule has 9 heteroatoms. The Hall–Kier alpha value is -2.61. The van der Waals surface area contributed by atoms with Crippen LogP contribution >= 0.6 is 23.2 Å². The number of hydrogen-bond donors (Lipinski definition) is 1. The maximum atomic E-state index is 11.6. The molecule has 0 unspecified atom stereocenters. The fraction of sp³-hybridized carbons (Fsp3) is 0.286. The third-order valence-corrected chi connectivity index (χ3v) is 5.23. The lowest BCUT2D eigenvalue weighted by molar-refractivity contribution is -0.384. The molecule has 0 atom stereocenters. The van der Waals surface area contributed by atoms with Crippen LogP contribution in [-0.2, 0) is 19.5 Å². The number of anilines is 1. The summed E-state index contributed by atoms with van der Waals surface area (Å²) in [6.07, 6.45) is 4.01. The van der Waals surface area contributed by atoms with Crippen LogP contribution in [0.25, 0.3) is 0 Å². The van der Waals surface area contributed by atoms with Gasteiger partial charge in [0.15, 0.2) is 5.82 Å². The van der Waals surface area contributed by atoms with Crippen LogP contribution in [0.1, 0.15) is 16.7 Å². The number of aromatic amines is 1. The van der Waals surface area contributed by atoms with Gasteiger partial charge in [0, 0.05) is 51.1 Å². The van der Waals surface area contributed by atoms with Crippen molar-refractivity contribution >= 4 is 34.7 Å². The summed E-state index contributed by atoms with van der Waals surface area (Å²) in [5.74, 6) is 0.501. The summed E-state index contributed by atoms with van der Waals surface area (Å²) < 4.78 is 0. The molecule has 0 saturated heterocycles. The Morgan fingerprint density at radius 1 is 1.07 bits per heavy atom. The third kappa shape index (κ3) is 5.72. The van der Waals surface area contributed by atoms with Gasteiger partial charge in [-0.15, -0.1) is 0 Å². The van der Waals surface area contributed by atoms with E-state index in [2.05, 4.69) is 14.9 Å². The number of nitrogens with one attached hydrogen (secondary N) is 1. The van der Waals surface area contributed by atoms with Crippen molar-refractivity contribution in [3.8, 4) is 0 Å². The third-order valence-electron chi connectivity index (χ3n) is 4.75. The number of aromatic nitrogens is 2. The first-order valence-corrected chi connectivity index (χ1v) is 10.2. The first-order valence-electron chi connectivity index (χ1n) is 9.42. The second-order valence-electron chi connectivity index (χ2n) is 7.24. The smallest absolute Gasteiger partial charge is 0.314 e. The van der Waals surface area contributed by atoms with Gasteiger partial charge in [-0.05, 0) is 35.7 Å². The van der Waals surface area contributed by atoms with Crippen molar-refractivity contribution in [2.45, 2.75) is 19.5 Å². The average molecular weight is 448 g/mol. The highest BCUT2D eigenvalue weighted by Crippen LogP contribution is 2.30. The Balaban J connectivity index is 1.79. The zero-order chi connectivity index (χ0) is 21.7. The molecule has 158 valence electrons. The largest absolute Gasteiger partial charge is 0.359 e. The maximum absolute atomic E-state index is 11.6. The van der Waals surface area contributed by atoms with Crippen molar-refractivity contribution in [3.63, 3.8) is 0 Å². The van der Waals surface area contributed by atoms with Gasteiger partial charge in [-0.2, -0.15) is 0 Å². The van der Waals surface area contributed by atoms with Crippen molar-refractivity contribution < 1.29 is 4.92 Å². The Bertz CT molecular complexity index is 940. The van der Waals surface area contributed by atoms with E-state index in [1.807, 2.05) is 30.3 Å². The molecule has 1 N–H and O–H groups in total. The summed E-state index contributed by atoms with van der Waals surface area (Å²) in [6.45, 7) is 1.96. The van der Waals surface area contributed by atoms with E-state index in [1.54, 1.807) is 37.5 Å². The molecule has 1 aromatic carbocycles. The number of rotatable bonds is 9. The molecule has 2 aromatic heterocycles. The summed E-state index contributed by atoms with van der Waals surface area (Å²) in [6, 6.07) is 11.4. The fourth-order valence-corrected chi connectivity index (χ4v) is 3.52. The predicted molar refractivity (Wildman–Crippen MR) is 120 cm³/mol. The molecular weight excluding hydrogens is 425 g/mol. The van der Waals surface area contributed by atoms with Crippen LogP contribution in [0.4, 0.5) is 11.5 Å². The molecular formula is C21H23Cl2N5O2. The zero-order valence-corrected chi connectivity index (χ0v) is 18.3. The summed E-state index contributed by atoms with van der Waals surface area (Å²) >= 11 is 11.9. The van der Waals surface area contributed by atoms with Crippen molar-refractivity contribution in [3.05, 3.63) is 85.8 Å². The maximum Gasteiger partial charge on any atom is 0.314 e. The van der Waals surface area contributed by atoms with Gasteiger partial charge in [0.2, 0.25) is 0 Å². The van der Waals surface area contributed by atoms with Gasteiger partial charge in [0.25, 0.3) is 0 Å². The average Bonchev–Trinajstić information content (AvgIpc) is 3.14. The Labute approximate surface area is 185 Å². The predicted octanol–water partition coefficient (Wildman–Crippen LogP) is 4.94. The quantitative estimate of drug-likeness (QED) is 0.285. The van der Waals surface area contributed by atoms with Gasteiger partial charge in [0.1, 0.15) is 5.15 Å². The minimum atomic E-state index is -0.326. The van der Waals surface area contributed by atoms with Gasteiger partial charge >= 0.3 is 5.69 Å². The number of nitrogens with zero attached hydrogens (tertiary/aromatic N) is 4. The number of pyridine rings is 1. The minimum absolute atomic E-state index is 0.125. The zero-order valence-electron chi connectivity index (χ0n) is 16.8. The van der Waals surface area contributed by atoms with Gasteiger partial charge in [-0.1, -0.05) is 41.4 Å². The first kappa shape index (κ1) is 22.1. The van der Waals surface area contributed by atoms with E-state index < -0.39 is 0 Å². The lowest BCUT2D eigenvalue weighted by Gasteiger charge is -2.22. The molecule has 0 aliphatic rings. The van der Waals surface area contributed by atoms with E-state index in [0.717, 1.165) is 11.1 Å². The van der Waals surface area contributed by atoms with Crippen molar-refractivity contribution in [1.82, 2.24) is 14.9 Å². The second kappa shape index (κ2) is 9.93. The fourth-order valence-electron chi connectivity index (χ4n) is 3.28. The molecule has 3 rings (SSSR count). The van der Waals surface area contributed by atoms with Gasteiger partial charge in [0.05, 0.1) is 10.5 Å². The van der Waals surface area contributed by atoms with E-state index >= 15 is 0 Å². The normalized spacial score (nSPS) is 11.1. The number of hydrogen-bond acceptors (Lipinski definition) is 5. The molecule has 0 aliphatic carbocycles. The molecule has 0 bridgehead atoms. The Morgan fingerprint density at radius 2 is 1.73 bits per heavy atom. The van der Waals surface area contributed by atoms with E-state index in [1.165, 1.54) is 0 Å². The van der Waals surface area contributed by atoms with Crippen molar-refractivity contribution in [1.29, 1.82) is 0 Å².